The maximum absolute atomic E-state index is 11.1. The van der Waals surface area contributed by atoms with Crippen LogP contribution in [0, 0.1) is 0 Å². The number of nitrogens with zero attached hydrogens (tertiary/aromatic N) is 1. The smallest absolute Gasteiger partial charge is 0.243 e. The van der Waals surface area contributed by atoms with Crippen LogP contribution in [-0.4, -0.2) is 54.2 Å². The zero-order valence-corrected chi connectivity index (χ0v) is 7.81. The molecule has 0 aromatic carbocycles. The Morgan fingerprint density at radius 3 is 2.93 bits per heavy atom. The Bertz CT molecular complexity index is 231. The fourth-order valence-corrected chi connectivity index (χ4v) is 1.31. The zero-order chi connectivity index (χ0) is 10.6. The maximum Gasteiger partial charge on any atom is 0.243 e. The number of carbonyl (C=O) groups excluding carboxylic acids is 2. The van der Waals surface area contributed by atoms with Crippen molar-refractivity contribution < 1.29 is 19.4 Å². The van der Waals surface area contributed by atoms with Crippen molar-refractivity contribution in [2.75, 3.05) is 26.3 Å². The molecule has 0 bridgehead atoms. The van der Waals surface area contributed by atoms with Gasteiger partial charge in [-0.25, -0.2) is 0 Å². The van der Waals surface area contributed by atoms with Gasteiger partial charge in [0.15, 0.2) is 0 Å². The van der Waals surface area contributed by atoms with Crippen LogP contribution >= 0.6 is 0 Å². The van der Waals surface area contributed by atoms with Crippen LogP contribution in [-0.2, 0) is 14.3 Å². The summed E-state index contributed by atoms with van der Waals surface area (Å²) in [5, 5.41) is 9.14. The second kappa shape index (κ2) is 4.92. The van der Waals surface area contributed by atoms with Gasteiger partial charge in [-0.05, 0) is 0 Å². The first kappa shape index (κ1) is 10.9. The lowest BCUT2D eigenvalue weighted by Crippen LogP contribution is -2.30. The molecule has 6 nitrogen and oxygen atoms in total. The van der Waals surface area contributed by atoms with E-state index < -0.39 is 12.0 Å². The molecule has 14 heavy (non-hydrogen) atoms. The van der Waals surface area contributed by atoms with Crippen molar-refractivity contribution in [1.29, 1.82) is 0 Å². The van der Waals surface area contributed by atoms with Crippen molar-refractivity contribution in [3.8, 4) is 0 Å². The SMILES string of the molecule is NC(=O)COCCN1CC(O)CC1=O. The van der Waals surface area contributed by atoms with Crippen LogP contribution in [0.25, 0.3) is 0 Å². The number of rotatable bonds is 5. The minimum absolute atomic E-state index is 0.0832. The number of aliphatic hydroxyl groups excluding tert-OH is 1. The first-order valence-electron chi connectivity index (χ1n) is 4.41. The van der Waals surface area contributed by atoms with Gasteiger partial charge in [0.05, 0.1) is 19.1 Å². The summed E-state index contributed by atoms with van der Waals surface area (Å²) in [6, 6.07) is 0. The van der Waals surface area contributed by atoms with Crippen LogP contribution < -0.4 is 5.73 Å². The molecule has 1 aliphatic heterocycles. The molecule has 6 heteroatoms. The van der Waals surface area contributed by atoms with E-state index in [2.05, 4.69) is 0 Å². The molecule has 1 heterocycles. The monoisotopic (exact) mass is 202 g/mol. The molecule has 1 fully saturated rings. The molecule has 0 aromatic rings. The topological polar surface area (TPSA) is 92.9 Å². The molecule has 2 amide bonds. The Morgan fingerprint density at radius 1 is 1.71 bits per heavy atom. The van der Waals surface area contributed by atoms with E-state index in [0.29, 0.717) is 13.1 Å². The van der Waals surface area contributed by atoms with Gasteiger partial charge in [-0.3, -0.25) is 9.59 Å². The molecule has 1 saturated heterocycles. The summed E-state index contributed by atoms with van der Waals surface area (Å²) >= 11 is 0. The molecule has 0 aliphatic carbocycles. The summed E-state index contributed by atoms with van der Waals surface area (Å²) in [7, 11) is 0. The van der Waals surface area contributed by atoms with Gasteiger partial charge in [0.25, 0.3) is 0 Å². The summed E-state index contributed by atoms with van der Waals surface area (Å²) in [6.45, 7) is 0.869. The molecule has 1 unspecified atom stereocenters. The average Bonchev–Trinajstić information content (AvgIpc) is 2.39. The second-order valence-electron chi connectivity index (χ2n) is 3.22. The number of hydrogen-bond donors (Lipinski definition) is 2. The van der Waals surface area contributed by atoms with E-state index in [0.717, 1.165) is 0 Å². The number of ether oxygens (including phenoxy) is 1. The summed E-state index contributed by atoms with van der Waals surface area (Å²) in [6.07, 6.45) is -0.394. The van der Waals surface area contributed by atoms with E-state index in [1.807, 2.05) is 0 Å². The lowest BCUT2D eigenvalue weighted by molar-refractivity contribution is -0.128. The van der Waals surface area contributed by atoms with E-state index in [9.17, 15) is 9.59 Å². The van der Waals surface area contributed by atoms with Crippen LogP contribution in [0.1, 0.15) is 6.42 Å². The van der Waals surface area contributed by atoms with Crippen LogP contribution in [0.4, 0.5) is 0 Å². The second-order valence-corrected chi connectivity index (χ2v) is 3.22. The lowest BCUT2D eigenvalue weighted by atomic mass is 10.3. The average molecular weight is 202 g/mol. The number of nitrogens with two attached hydrogens (primary N) is 1. The molecule has 1 atom stereocenters. The van der Waals surface area contributed by atoms with Crippen molar-refractivity contribution in [2.45, 2.75) is 12.5 Å². The van der Waals surface area contributed by atoms with Crippen molar-refractivity contribution in [1.82, 2.24) is 4.90 Å². The predicted molar refractivity (Wildman–Crippen MR) is 47.2 cm³/mol. The largest absolute Gasteiger partial charge is 0.391 e. The summed E-state index contributed by atoms with van der Waals surface area (Å²) in [5.41, 5.74) is 4.85. The normalized spacial score (nSPS) is 21.6. The third-order valence-corrected chi connectivity index (χ3v) is 1.94. The quantitative estimate of drug-likeness (QED) is 0.508. The molecule has 3 N–H and O–H groups in total. The molecule has 1 aliphatic rings. The number of aliphatic hydroxyl groups is 1. The Labute approximate surface area is 81.6 Å². The van der Waals surface area contributed by atoms with E-state index >= 15 is 0 Å². The molecular formula is C8H14N2O4. The summed E-state index contributed by atoms with van der Waals surface area (Å²) in [5.74, 6) is -0.613. The highest BCUT2D eigenvalue weighted by molar-refractivity contribution is 5.79. The van der Waals surface area contributed by atoms with Crippen molar-refractivity contribution in [2.24, 2.45) is 5.73 Å². The van der Waals surface area contributed by atoms with Gasteiger partial charge in [0.2, 0.25) is 11.8 Å². The van der Waals surface area contributed by atoms with Gasteiger partial charge in [-0.1, -0.05) is 0 Å². The number of carbonyl (C=O) groups is 2. The van der Waals surface area contributed by atoms with Crippen molar-refractivity contribution in [3.63, 3.8) is 0 Å². The van der Waals surface area contributed by atoms with E-state index in [1.54, 1.807) is 0 Å². The molecule has 0 spiro atoms. The van der Waals surface area contributed by atoms with Crippen LogP contribution in [0.2, 0.25) is 0 Å². The third kappa shape index (κ3) is 3.31. The van der Waals surface area contributed by atoms with Gasteiger partial charge in [-0.15, -0.1) is 0 Å². The number of hydrogen-bond acceptors (Lipinski definition) is 4. The molecule has 1 rings (SSSR count). The van der Waals surface area contributed by atoms with E-state index in [1.165, 1.54) is 4.90 Å². The van der Waals surface area contributed by atoms with Crippen LogP contribution in [0.15, 0.2) is 0 Å². The predicted octanol–water partition coefficient (Wildman–Crippen LogP) is -1.92. The van der Waals surface area contributed by atoms with E-state index in [-0.39, 0.29) is 25.5 Å². The minimum atomic E-state index is -0.571. The fourth-order valence-electron chi connectivity index (χ4n) is 1.31. The number of β-amino-alcohol motifs (C(OH)–C–C–N with tert-alkyl or cyclic N) is 1. The maximum atomic E-state index is 11.1. The summed E-state index contributed by atoms with van der Waals surface area (Å²) in [4.78, 5) is 22.9. The van der Waals surface area contributed by atoms with Gasteiger partial charge < -0.3 is 20.5 Å². The molecule has 0 aromatic heterocycles. The highest BCUT2D eigenvalue weighted by Crippen LogP contribution is 2.09. The van der Waals surface area contributed by atoms with Crippen molar-refractivity contribution >= 4 is 11.8 Å². The lowest BCUT2D eigenvalue weighted by Gasteiger charge is -2.14. The number of amides is 2. The fraction of sp³-hybridized carbons (Fsp3) is 0.750. The van der Waals surface area contributed by atoms with Crippen molar-refractivity contribution in [3.05, 3.63) is 0 Å². The van der Waals surface area contributed by atoms with Crippen LogP contribution in [0.3, 0.4) is 0 Å². The zero-order valence-electron chi connectivity index (χ0n) is 7.81. The number of likely N-dealkylation sites (tertiary alicyclic amines) is 1. The highest BCUT2D eigenvalue weighted by Gasteiger charge is 2.27. The Balaban J connectivity index is 2.13. The third-order valence-electron chi connectivity index (χ3n) is 1.94. The van der Waals surface area contributed by atoms with E-state index in [4.69, 9.17) is 15.6 Å². The number of primary amides is 1. The Kier molecular flexibility index (Phi) is 3.84. The molecular weight excluding hydrogens is 188 g/mol. The Morgan fingerprint density at radius 2 is 2.43 bits per heavy atom. The van der Waals surface area contributed by atoms with Gasteiger partial charge in [0, 0.05) is 13.1 Å². The Hall–Kier alpha value is -1.14. The molecule has 0 radical (unpaired) electrons. The van der Waals surface area contributed by atoms with Gasteiger partial charge in [0.1, 0.15) is 6.61 Å². The minimum Gasteiger partial charge on any atom is -0.391 e. The standard InChI is InChI=1S/C8H14N2O4/c9-7(12)5-14-2-1-10-4-6(11)3-8(10)13/h6,11H,1-5H2,(H2,9,12). The first-order valence-corrected chi connectivity index (χ1v) is 4.41. The highest BCUT2D eigenvalue weighted by atomic mass is 16.5. The molecule has 0 saturated carbocycles. The summed E-state index contributed by atoms with van der Waals surface area (Å²) < 4.78 is 4.89. The van der Waals surface area contributed by atoms with Crippen LogP contribution in [0.5, 0.6) is 0 Å². The molecule has 80 valence electrons. The first-order chi connectivity index (χ1) is 6.59. The van der Waals surface area contributed by atoms with Gasteiger partial charge >= 0.3 is 0 Å². The van der Waals surface area contributed by atoms with Gasteiger partial charge in [-0.2, -0.15) is 0 Å².